The van der Waals surface area contributed by atoms with Crippen molar-refractivity contribution in [1.82, 2.24) is 5.43 Å². The molecule has 1 aromatic rings. The molecule has 0 aliphatic carbocycles. The van der Waals surface area contributed by atoms with Gasteiger partial charge < -0.3 is 14.8 Å². The number of nitrogens with one attached hydrogen (secondary N) is 2. The van der Waals surface area contributed by atoms with Crippen molar-refractivity contribution in [3.63, 3.8) is 0 Å². The summed E-state index contributed by atoms with van der Waals surface area (Å²) >= 11 is 0. The monoisotopic (exact) mass is 266 g/mol. The van der Waals surface area contributed by atoms with E-state index in [1.165, 1.54) is 0 Å². The van der Waals surface area contributed by atoms with Crippen LogP contribution in [0.25, 0.3) is 0 Å². The minimum absolute atomic E-state index is 0.528. The summed E-state index contributed by atoms with van der Waals surface area (Å²) in [5, 5.41) is 3.12. The molecule has 0 spiro atoms. The Morgan fingerprint density at radius 2 is 2.16 bits per heavy atom. The first-order chi connectivity index (χ1) is 9.21. The second kappa shape index (κ2) is 8.34. The van der Waals surface area contributed by atoms with Crippen molar-refractivity contribution in [1.29, 1.82) is 0 Å². The number of hydrazine groups is 1. The molecule has 0 aliphatic heterocycles. The first-order valence-corrected chi connectivity index (χ1v) is 6.13. The average Bonchev–Trinajstić information content (AvgIpc) is 2.42. The predicted octanol–water partition coefficient (Wildman–Crippen LogP) is 1.27. The second-order valence-electron chi connectivity index (χ2n) is 4.03. The third kappa shape index (κ3) is 5.15. The Morgan fingerprint density at radius 3 is 2.74 bits per heavy atom. The molecule has 6 heteroatoms. The van der Waals surface area contributed by atoms with Gasteiger partial charge in [0.05, 0.1) is 7.11 Å². The molecule has 106 valence electrons. The molecule has 0 heterocycles. The number of methoxy groups -OCH3 is 2. The van der Waals surface area contributed by atoms with Crippen LogP contribution >= 0.6 is 0 Å². The molecule has 0 amide bonds. The molecule has 0 radical (unpaired) electrons. The molecule has 1 aromatic carbocycles. The molecule has 0 saturated carbocycles. The van der Waals surface area contributed by atoms with Gasteiger partial charge in [-0.1, -0.05) is 0 Å². The first kappa shape index (κ1) is 15.3. The van der Waals surface area contributed by atoms with Gasteiger partial charge in [-0.2, -0.15) is 0 Å². The van der Waals surface area contributed by atoms with Crippen LogP contribution in [0.2, 0.25) is 0 Å². The largest absolute Gasteiger partial charge is 0.496 e. The van der Waals surface area contributed by atoms with Gasteiger partial charge >= 0.3 is 0 Å². The van der Waals surface area contributed by atoms with E-state index in [9.17, 15) is 0 Å². The molecule has 4 N–H and O–H groups in total. The number of nitrogens with zero attached hydrogens (tertiary/aromatic N) is 1. The number of rotatable bonds is 6. The van der Waals surface area contributed by atoms with Gasteiger partial charge in [-0.25, -0.2) is 5.84 Å². The topological polar surface area (TPSA) is 80.9 Å². The molecule has 0 aliphatic rings. The SMILES string of the molecule is COCCCN=C(NN)Nc1ccc(OC)c(C)c1. The van der Waals surface area contributed by atoms with Crippen molar-refractivity contribution >= 4 is 11.6 Å². The number of hydrogen-bond donors (Lipinski definition) is 3. The highest BCUT2D eigenvalue weighted by atomic mass is 16.5. The van der Waals surface area contributed by atoms with Crippen LogP contribution in [0, 0.1) is 6.92 Å². The number of anilines is 1. The molecular weight excluding hydrogens is 244 g/mol. The molecule has 6 nitrogen and oxygen atoms in total. The minimum Gasteiger partial charge on any atom is -0.496 e. The molecule has 0 aromatic heterocycles. The zero-order chi connectivity index (χ0) is 14.1. The summed E-state index contributed by atoms with van der Waals surface area (Å²) in [5.74, 6) is 6.81. The van der Waals surface area contributed by atoms with Crippen molar-refractivity contribution in [3.8, 4) is 5.75 Å². The summed E-state index contributed by atoms with van der Waals surface area (Å²) in [7, 11) is 3.32. The number of guanidine groups is 1. The van der Waals surface area contributed by atoms with E-state index in [0.717, 1.165) is 23.4 Å². The van der Waals surface area contributed by atoms with Gasteiger partial charge in [-0.3, -0.25) is 10.4 Å². The van der Waals surface area contributed by atoms with Crippen molar-refractivity contribution in [2.24, 2.45) is 10.8 Å². The van der Waals surface area contributed by atoms with Gasteiger partial charge in [0.1, 0.15) is 5.75 Å². The fourth-order valence-electron chi connectivity index (χ4n) is 1.61. The zero-order valence-corrected chi connectivity index (χ0v) is 11.7. The lowest BCUT2D eigenvalue weighted by Gasteiger charge is -2.11. The molecular formula is C13H22N4O2. The van der Waals surface area contributed by atoms with Crippen LogP contribution in [0.4, 0.5) is 5.69 Å². The lowest BCUT2D eigenvalue weighted by atomic mass is 10.2. The standard InChI is InChI=1S/C13H22N4O2/c1-10-9-11(5-6-12(10)19-3)16-13(17-14)15-7-4-8-18-2/h5-6,9H,4,7-8,14H2,1-3H3,(H2,15,16,17). The van der Waals surface area contributed by atoms with Crippen LogP contribution in [0.5, 0.6) is 5.75 Å². The van der Waals surface area contributed by atoms with E-state index in [2.05, 4.69) is 15.7 Å². The van der Waals surface area contributed by atoms with Gasteiger partial charge in [0, 0.05) is 25.9 Å². The van der Waals surface area contributed by atoms with Crippen LogP contribution in [0.3, 0.4) is 0 Å². The van der Waals surface area contributed by atoms with E-state index in [-0.39, 0.29) is 0 Å². The van der Waals surface area contributed by atoms with E-state index in [1.807, 2.05) is 25.1 Å². The Morgan fingerprint density at radius 1 is 1.37 bits per heavy atom. The molecule has 1 rings (SSSR count). The Balaban J connectivity index is 2.62. The van der Waals surface area contributed by atoms with Crippen molar-refractivity contribution < 1.29 is 9.47 Å². The second-order valence-corrected chi connectivity index (χ2v) is 4.03. The summed E-state index contributed by atoms with van der Waals surface area (Å²) < 4.78 is 10.2. The Hall–Kier alpha value is -1.79. The number of aliphatic imine (C=N–C) groups is 1. The smallest absolute Gasteiger partial charge is 0.210 e. The molecule has 0 atom stereocenters. The summed E-state index contributed by atoms with van der Waals surface area (Å²) in [5.41, 5.74) is 4.49. The first-order valence-electron chi connectivity index (χ1n) is 6.13. The predicted molar refractivity (Wildman–Crippen MR) is 77.5 cm³/mol. The summed E-state index contributed by atoms with van der Waals surface area (Å²) in [4.78, 5) is 4.31. The highest BCUT2D eigenvalue weighted by molar-refractivity contribution is 5.93. The quantitative estimate of drug-likeness (QED) is 0.237. The summed E-state index contributed by atoms with van der Waals surface area (Å²) in [6.07, 6.45) is 0.852. The molecule has 0 unspecified atom stereocenters. The van der Waals surface area contributed by atoms with E-state index in [4.69, 9.17) is 15.3 Å². The highest BCUT2D eigenvalue weighted by Gasteiger charge is 2.02. The normalized spacial score (nSPS) is 11.3. The highest BCUT2D eigenvalue weighted by Crippen LogP contribution is 2.21. The van der Waals surface area contributed by atoms with E-state index in [0.29, 0.717) is 19.1 Å². The fourth-order valence-corrected chi connectivity index (χ4v) is 1.61. The Kier molecular flexibility index (Phi) is 6.70. The lowest BCUT2D eigenvalue weighted by molar-refractivity contribution is 0.197. The Labute approximate surface area is 114 Å². The van der Waals surface area contributed by atoms with E-state index in [1.54, 1.807) is 14.2 Å². The molecule has 19 heavy (non-hydrogen) atoms. The number of benzene rings is 1. The fraction of sp³-hybridized carbons (Fsp3) is 0.462. The third-order valence-corrected chi connectivity index (χ3v) is 2.57. The number of nitrogens with two attached hydrogens (primary N) is 1. The van der Waals surface area contributed by atoms with Crippen molar-refractivity contribution in [3.05, 3.63) is 23.8 Å². The van der Waals surface area contributed by atoms with E-state index < -0.39 is 0 Å². The summed E-state index contributed by atoms with van der Waals surface area (Å²) in [6.45, 7) is 3.31. The molecule has 0 bridgehead atoms. The third-order valence-electron chi connectivity index (χ3n) is 2.57. The van der Waals surface area contributed by atoms with E-state index >= 15 is 0 Å². The number of hydrogen-bond acceptors (Lipinski definition) is 4. The van der Waals surface area contributed by atoms with Gasteiger partial charge in [0.15, 0.2) is 0 Å². The lowest BCUT2D eigenvalue weighted by Crippen LogP contribution is -2.36. The molecule has 0 saturated heterocycles. The summed E-state index contributed by atoms with van der Waals surface area (Å²) in [6, 6.07) is 5.78. The van der Waals surface area contributed by atoms with Crippen LogP contribution in [-0.2, 0) is 4.74 Å². The van der Waals surface area contributed by atoms with Crippen LogP contribution < -0.4 is 21.3 Å². The average molecular weight is 266 g/mol. The van der Waals surface area contributed by atoms with Crippen molar-refractivity contribution in [2.45, 2.75) is 13.3 Å². The van der Waals surface area contributed by atoms with Crippen LogP contribution in [0.15, 0.2) is 23.2 Å². The number of aryl methyl sites for hydroxylation is 1. The van der Waals surface area contributed by atoms with Crippen molar-refractivity contribution in [2.75, 3.05) is 32.7 Å². The Bertz CT molecular complexity index is 421. The van der Waals surface area contributed by atoms with Gasteiger partial charge in [-0.05, 0) is 37.1 Å². The maximum atomic E-state index is 5.43. The number of ether oxygens (including phenoxy) is 2. The maximum absolute atomic E-state index is 5.43. The van der Waals surface area contributed by atoms with Gasteiger partial charge in [0.2, 0.25) is 5.96 Å². The molecule has 0 fully saturated rings. The van der Waals surface area contributed by atoms with Gasteiger partial charge in [0.25, 0.3) is 0 Å². The minimum atomic E-state index is 0.528. The van der Waals surface area contributed by atoms with Gasteiger partial charge in [-0.15, -0.1) is 0 Å². The maximum Gasteiger partial charge on any atom is 0.210 e. The van der Waals surface area contributed by atoms with Crippen LogP contribution in [0.1, 0.15) is 12.0 Å². The zero-order valence-electron chi connectivity index (χ0n) is 11.7. The van der Waals surface area contributed by atoms with Crippen LogP contribution in [-0.4, -0.2) is 33.3 Å².